The predicted molar refractivity (Wildman–Crippen MR) is 65.9 cm³/mol. The first kappa shape index (κ1) is 11.6. The summed E-state index contributed by atoms with van der Waals surface area (Å²) in [6.07, 6.45) is 7.58. The summed E-state index contributed by atoms with van der Waals surface area (Å²) in [5, 5.41) is 0. The van der Waals surface area contributed by atoms with Crippen LogP contribution in [0.4, 0.5) is 0 Å². The summed E-state index contributed by atoms with van der Waals surface area (Å²) in [7, 11) is 0. The van der Waals surface area contributed by atoms with Gasteiger partial charge in [-0.25, -0.2) is 0 Å². The molecule has 0 saturated carbocycles. The van der Waals surface area contributed by atoms with Crippen LogP contribution in [-0.2, 0) is 6.54 Å². The van der Waals surface area contributed by atoms with Crippen LogP contribution in [0.1, 0.15) is 31.7 Å². The van der Waals surface area contributed by atoms with Crippen LogP contribution in [0.2, 0.25) is 0 Å². The molecule has 1 aliphatic heterocycles. The lowest BCUT2D eigenvalue weighted by Gasteiger charge is -2.40. The molecule has 0 aliphatic carbocycles. The topological polar surface area (TPSA) is 42.1 Å². The Kier molecular flexibility index (Phi) is 3.91. The highest BCUT2D eigenvalue weighted by molar-refractivity contribution is 5.10. The van der Waals surface area contributed by atoms with Crippen molar-refractivity contribution in [3.8, 4) is 0 Å². The maximum atomic E-state index is 5.86. The number of nitrogens with zero attached hydrogens (tertiary/aromatic N) is 2. The van der Waals surface area contributed by atoms with Crippen molar-refractivity contribution >= 4 is 0 Å². The molecule has 0 radical (unpaired) electrons. The highest BCUT2D eigenvalue weighted by atomic mass is 15.2. The summed E-state index contributed by atoms with van der Waals surface area (Å²) in [6, 6.07) is 5.39. The minimum Gasteiger partial charge on any atom is -0.329 e. The molecule has 0 amide bonds. The molecular weight excluding hydrogens is 198 g/mol. The third kappa shape index (κ3) is 2.60. The van der Waals surface area contributed by atoms with E-state index in [1.165, 1.54) is 24.8 Å². The number of nitrogens with two attached hydrogens (primary N) is 1. The number of likely N-dealkylation sites (tertiary alicyclic amines) is 1. The fraction of sp³-hybridized carbons (Fsp3) is 0.615. The Labute approximate surface area is 97.7 Å². The monoisotopic (exact) mass is 219 g/mol. The molecule has 3 heteroatoms. The molecule has 1 aromatic heterocycles. The molecule has 2 rings (SSSR count). The molecule has 0 aromatic carbocycles. The van der Waals surface area contributed by atoms with Crippen LogP contribution in [0.5, 0.6) is 0 Å². The average molecular weight is 219 g/mol. The largest absolute Gasteiger partial charge is 0.329 e. The number of rotatable bonds is 3. The molecule has 0 spiro atoms. The van der Waals surface area contributed by atoms with Gasteiger partial charge in [0.15, 0.2) is 0 Å². The summed E-state index contributed by atoms with van der Waals surface area (Å²) < 4.78 is 0. The van der Waals surface area contributed by atoms with Gasteiger partial charge in [0.25, 0.3) is 0 Å². The molecule has 1 fully saturated rings. The number of pyridine rings is 1. The van der Waals surface area contributed by atoms with Crippen LogP contribution < -0.4 is 5.73 Å². The zero-order chi connectivity index (χ0) is 11.4. The van der Waals surface area contributed by atoms with Crippen molar-refractivity contribution in [1.29, 1.82) is 0 Å². The second kappa shape index (κ2) is 5.41. The summed E-state index contributed by atoms with van der Waals surface area (Å²) in [6.45, 7) is 4.09. The Bertz CT molecular complexity index is 312. The van der Waals surface area contributed by atoms with Gasteiger partial charge >= 0.3 is 0 Å². The second-order valence-electron chi connectivity index (χ2n) is 4.70. The average Bonchev–Trinajstić information content (AvgIpc) is 2.33. The van der Waals surface area contributed by atoms with Crippen LogP contribution in [-0.4, -0.2) is 28.5 Å². The van der Waals surface area contributed by atoms with Gasteiger partial charge < -0.3 is 5.73 Å². The molecule has 2 unspecified atom stereocenters. The minimum atomic E-state index is 0.553. The smallest absolute Gasteiger partial charge is 0.0271 e. The zero-order valence-corrected chi connectivity index (χ0v) is 9.97. The lowest BCUT2D eigenvalue weighted by Crippen LogP contribution is -2.48. The van der Waals surface area contributed by atoms with E-state index in [0.29, 0.717) is 12.1 Å². The SMILES string of the molecule is CC1CCCC(CN)N1Cc1ccncc1. The highest BCUT2D eigenvalue weighted by Gasteiger charge is 2.26. The number of hydrogen-bond donors (Lipinski definition) is 1. The first-order valence-corrected chi connectivity index (χ1v) is 6.16. The van der Waals surface area contributed by atoms with Crippen molar-refractivity contribution in [3.05, 3.63) is 30.1 Å². The second-order valence-corrected chi connectivity index (χ2v) is 4.70. The normalized spacial score (nSPS) is 26.9. The van der Waals surface area contributed by atoms with Crippen LogP contribution in [0.25, 0.3) is 0 Å². The van der Waals surface area contributed by atoms with Crippen molar-refractivity contribution in [2.45, 2.75) is 44.8 Å². The van der Waals surface area contributed by atoms with E-state index >= 15 is 0 Å². The third-order valence-electron chi connectivity index (χ3n) is 3.58. The molecule has 1 aliphatic rings. The highest BCUT2D eigenvalue weighted by Crippen LogP contribution is 2.24. The maximum absolute atomic E-state index is 5.86. The van der Waals surface area contributed by atoms with Gasteiger partial charge in [-0.3, -0.25) is 9.88 Å². The van der Waals surface area contributed by atoms with E-state index in [9.17, 15) is 0 Å². The first-order valence-electron chi connectivity index (χ1n) is 6.16. The molecule has 3 nitrogen and oxygen atoms in total. The van der Waals surface area contributed by atoms with Crippen LogP contribution in [0.3, 0.4) is 0 Å². The fourth-order valence-electron chi connectivity index (χ4n) is 2.58. The minimum absolute atomic E-state index is 0.553. The summed E-state index contributed by atoms with van der Waals surface area (Å²) in [5.74, 6) is 0. The van der Waals surface area contributed by atoms with Crippen molar-refractivity contribution in [3.63, 3.8) is 0 Å². The summed E-state index contributed by atoms with van der Waals surface area (Å²) >= 11 is 0. The summed E-state index contributed by atoms with van der Waals surface area (Å²) in [4.78, 5) is 6.59. The van der Waals surface area contributed by atoms with E-state index in [-0.39, 0.29) is 0 Å². The van der Waals surface area contributed by atoms with E-state index in [4.69, 9.17) is 5.73 Å². The van der Waals surface area contributed by atoms with Crippen molar-refractivity contribution in [2.75, 3.05) is 6.54 Å². The van der Waals surface area contributed by atoms with Crippen molar-refractivity contribution < 1.29 is 0 Å². The van der Waals surface area contributed by atoms with Crippen molar-refractivity contribution in [1.82, 2.24) is 9.88 Å². The van der Waals surface area contributed by atoms with E-state index in [0.717, 1.165) is 13.1 Å². The Morgan fingerprint density at radius 3 is 2.81 bits per heavy atom. The fourth-order valence-corrected chi connectivity index (χ4v) is 2.58. The van der Waals surface area contributed by atoms with Gasteiger partial charge in [-0.05, 0) is 37.5 Å². The number of aromatic nitrogens is 1. The standard InChI is InChI=1S/C13H21N3/c1-11-3-2-4-13(9-14)16(11)10-12-5-7-15-8-6-12/h5-8,11,13H,2-4,9-10,14H2,1H3. The van der Waals surface area contributed by atoms with Crippen LogP contribution in [0, 0.1) is 0 Å². The van der Waals surface area contributed by atoms with Crippen molar-refractivity contribution in [2.24, 2.45) is 5.73 Å². The third-order valence-corrected chi connectivity index (χ3v) is 3.58. The Morgan fingerprint density at radius 1 is 1.38 bits per heavy atom. The van der Waals surface area contributed by atoms with Crippen LogP contribution in [0.15, 0.2) is 24.5 Å². The number of piperidine rings is 1. The molecule has 1 aromatic rings. The van der Waals surface area contributed by atoms with E-state index in [2.05, 4.69) is 28.9 Å². The summed E-state index contributed by atoms with van der Waals surface area (Å²) in [5.41, 5.74) is 7.19. The molecule has 2 N–H and O–H groups in total. The van der Waals surface area contributed by atoms with Crippen LogP contribution >= 0.6 is 0 Å². The lowest BCUT2D eigenvalue weighted by molar-refractivity contribution is 0.0892. The molecular formula is C13H21N3. The Hall–Kier alpha value is -0.930. The molecule has 0 bridgehead atoms. The molecule has 16 heavy (non-hydrogen) atoms. The van der Waals surface area contributed by atoms with E-state index in [1.54, 1.807) is 0 Å². The maximum Gasteiger partial charge on any atom is 0.0271 e. The number of hydrogen-bond acceptors (Lipinski definition) is 3. The van der Waals surface area contributed by atoms with Gasteiger partial charge in [0.1, 0.15) is 0 Å². The first-order chi connectivity index (χ1) is 7.81. The lowest BCUT2D eigenvalue weighted by atomic mass is 9.96. The Balaban J connectivity index is 2.05. The molecule has 1 saturated heterocycles. The zero-order valence-electron chi connectivity index (χ0n) is 9.97. The van der Waals surface area contributed by atoms with Gasteiger partial charge in [-0.15, -0.1) is 0 Å². The molecule has 88 valence electrons. The van der Waals surface area contributed by atoms with Gasteiger partial charge in [0.05, 0.1) is 0 Å². The van der Waals surface area contributed by atoms with Gasteiger partial charge in [0.2, 0.25) is 0 Å². The quantitative estimate of drug-likeness (QED) is 0.842. The predicted octanol–water partition coefficient (Wildman–Crippen LogP) is 1.78. The molecule has 2 heterocycles. The van der Waals surface area contributed by atoms with Gasteiger partial charge in [0, 0.05) is 37.6 Å². The van der Waals surface area contributed by atoms with E-state index in [1.807, 2.05) is 12.4 Å². The Morgan fingerprint density at radius 2 is 2.12 bits per heavy atom. The van der Waals surface area contributed by atoms with Gasteiger partial charge in [-0.1, -0.05) is 6.42 Å². The van der Waals surface area contributed by atoms with E-state index < -0.39 is 0 Å². The van der Waals surface area contributed by atoms with Gasteiger partial charge in [-0.2, -0.15) is 0 Å². The molecule has 2 atom stereocenters.